The minimum absolute atomic E-state index is 0.100. The molecule has 0 bridgehead atoms. The van der Waals surface area contributed by atoms with Gasteiger partial charge in [0.2, 0.25) is 0 Å². The molecule has 1 heterocycles. The third kappa shape index (κ3) is 2.61. The third-order valence-corrected chi connectivity index (χ3v) is 4.89. The fourth-order valence-electron chi connectivity index (χ4n) is 3.06. The first-order valence-electron chi connectivity index (χ1n) is 7.88. The Kier molecular flexibility index (Phi) is 4.42. The monoisotopic (exact) mass is 369 g/mol. The van der Waals surface area contributed by atoms with Gasteiger partial charge >= 0.3 is 11.9 Å². The Morgan fingerprint density at radius 3 is 2.15 bits per heavy atom. The maximum Gasteiger partial charge on any atom is 0.348 e. The van der Waals surface area contributed by atoms with Gasteiger partial charge in [-0.3, -0.25) is 4.99 Å². The Labute approximate surface area is 155 Å². The van der Waals surface area contributed by atoms with E-state index in [0.29, 0.717) is 21.7 Å². The molecule has 0 spiro atoms. The Hall–Kier alpha value is -2.92. The van der Waals surface area contributed by atoms with Gasteiger partial charge in [-0.05, 0) is 42.7 Å². The summed E-state index contributed by atoms with van der Waals surface area (Å²) in [7, 11) is 0. The molecule has 5 nitrogen and oxygen atoms in total. The van der Waals surface area contributed by atoms with E-state index < -0.39 is 17.5 Å². The van der Waals surface area contributed by atoms with Crippen LogP contribution in [0, 0.1) is 13.8 Å². The number of allylic oxidation sites excluding steroid dienone is 1. The second kappa shape index (κ2) is 6.42. The van der Waals surface area contributed by atoms with Gasteiger partial charge in [-0.2, -0.15) is 0 Å². The SMILES string of the molecule is Cc1cc(Cl)c(C2=C(c3ccccc3)C(C(=O)O)(C(=O)O)N=C2)cc1C. The molecule has 2 aromatic carbocycles. The number of benzene rings is 2. The van der Waals surface area contributed by atoms with Gasteiger partial charge < -0.3 is 10.2 Å². The van der Waals surface area contributed by atoms with Crippen molar-refractivity contribution in [3.8, 4) is 0 Å². The fourth-order valence-corrected chi connectivity index (χ4v) is 3.38. The van der Waals surface area contributed by atoms with Gasteiger partial charge in [0.15, 0.2) is 0 Å². The highest BCUT2D eigenvalue weighted by Gasteiger charge is 2.54. The predicted molar refractivity (Wildman–Crippen MR) is 101 cm³/mol. The number of aliphatic imine (C=N–C) groups is 1. The molecule has 3 rings (SSSR count). The van der Waals surface area contributed by atoms with Crippen LogP contribution in [0.25, 0.3) is 11.1 Å². The first-order valence-corrected chi connectivity index (χ1v) is 8.26. The predicted octanol–water partition coefficient (Wildman–Crippen LogP) is 3.86. The lowest BCUT2D eigenvalue weighted by Gasteiger charge is -2.22. The molecule has 0 aliphatic carbocycles. The maximum absolute atomic E-state index is 12.0. The molecule has 0 saturated heterocycles. The zero-order valence-electron chi connectivity index (χ0n) is 14.2. The lowest BCUT2D eigenvalue weighted by Crippen LogP contribution is -2.44. The van der Waals surface area contributed by atoms with Crippen molar-refractivity contribution in [2.45, 2.75) is 19.4 Å². The number of carboxylic acid groups (broad SMARTS) is 2. The summed E-state index contributed by atoms with van der Waals surface area (Å²) in [6, 6.07) is 12.1. The lowest BCUT2D eigenvalue weighted by atomic mass is 9.82. The van der Waals surface area contributed by atoms with Crippen molar-refractivity contribution in [2.75, 3.05) is 0 Å². The first-order chi connectivity index (χ1) is 12.3. The Bertz CT molecular complexity index is 963. The van der Waals surface area contributed by atoms with E-state index in [1.807, 2.05) is 19.9 Å². The van der Waals surface area contributed by atoms with Crippen molar-refractivity contribution >= 4 is 40.9 Å². The van der Waals surface area contributed by atoms with Crippen LogP contribution in [0.5, 0.6) is 0 Å². The largest absolute Gasteiger partial charge is 0.479 e. The summed E-state index contributed by atoms with van der Waals surface area (Å²) in [6.45, 7) is 3.82. The van der Waals surface area contributed by atoms with Crippen molar-refractivity contribution in [1.82, 2.24) is 0 Å². The van der Waals surface area contributed by atoms with Crippen LogP contribution in [0.3, 0.4) is 0 Å². The van der Waals surface area contributed by atoms with Crippen molar-refractivity contribution in [3.63, 3.8) is 0 Å². The molecule has 2 N–H and O–H groups in total. The molecule has 132 valence electrons. The van der Waals surface area contributed by atoms with Gasteiger partial charge in [-0.25, -0.2) is 9.59 Å². The van der Waals surface area contributed by atoms with E-state index in [9.17, 15) is 19.8 Å². The van der Waals surface area contributed by atoms with E-state index in [2.05, 4.69) is 4.99 Å². The number of halogens is 1. The second-order valence-electron chi connectivity index (χ2n) is 6.15. The molecule has 0 saturated carbocycles. The van der Waals surface area contributed by atoms with E-state index in [1.165, 1.54) is 6.21 Å². The summed E-state index contributed by atoms with van der Waals surface area (Å²) < 4.78 is 0. The summed E-state index contributed by atoms with van der Waals surface area (Å²) >= 11 is 6.40. The molecule has 1 aliphatic rings. The van der Waals surface area contributed by atoms with Gasteiger partial charge in [0.25, 0.3) is 5.54 Å². The molecular weight excluding hydrogens is 354 g/mol. The molecule has 2 aromatic rings. The molecule has 1 aliphatic heterocycles. The normalized spacial score (nSPS) is 15.3. The summed E-state index contributed by atoms with van der Waals surface area (Å²) in [5, 5.41) is 19.9. The van der Waals surface area contributed by atoms with Gasteiger partial charge in [0.1, 0.15) is 0 Å². The number of carbonyl (C=O) groups is 2. The highest BCUT2D eigenvalue weighted by Crippen LogP contribution is 2.43. The highest BCUT2D eigenvalue weighted by molar-refractivity contribution is 6.39. The van der Waals surface area contributed by atoms with Crippen LogP contribution in [0.1, 0.15) is 22.3 Å². The maximum atomic E-state index is 12.0. The number of carboxylic acids is 2. The average molecular weight is 370 g/mol. The molecule has 0 radical (unpaired) electrons. The first kappa shape index (κ1) is 17.9. The van der Waals surface area contributed by atoms with Gasteiger partial charge in [-0.15, -0.1) is 0 Å². The standard InChI is InChI=1S/C20H16ClNO4/c1-11-8-14(16(21)9-12(11)2)15-10-22-20(18(23)24,19(25)26)17(15)13-6-4-3-5-7-13/h3-10H,1-2H3,(H,23,24)(H,25,26). The summed E-state index contributed by atoms with van der Waals surface area (Å²) in [5.74, 6) is -3.09. The van der Waals surface area contributed by atoms with E-state index in [0.717, 1.165) is 11.1 Å². The zero-order chi connectivity index (χ0) is 19.1. The van der Waals surface area contributed by atoms with Crippen LogP contribution in [-0.4, -0.2) is 33.9 Å². The number of rotatable bonds is 4. The molecule has 0 aromatic heterocycles. The Morgan fingerprint density at radius 1 is 1.00 bits per heavy atom. The smallest absolute Gasteiger partial charge is 0.348 e. The van der Waals surface area contributed by atoms with Crippen molar-refractivity contribution in [3.05, 3.63) is 69.7 Å². The third-order valence-electron chi connectivity index (χ3n) is 4.57. The molecule has 0 unspecified atom stereocenters. The van der Waals surface area contributed by atoms with E-state index in [4.69, 9.17) is 11.6 Å². The van der Waals surface area contributed by atoms with E-state index in [-0.39, 0.29) is 5.57 Å². The zero-order valence-corrected chi connectivity index (χ0v) is 14.9. The number of hydrogen-bond donors (Lipinski definition) is 2. The number of nitrogens with zero attached hydrogens (tertiary/aromatic N) is 1. The summed E-state index contributed by atoms with van der Waals surface area (Å²) in [4.78, 5) is 27.9. The van der Waals surface area contributed by atoms with E-state index >= 15 is 0 Å². The quantitative estimate of drug-likeness (QED) is 0.801. The van der Waals surface area contributed by atoms with Crippen molar-refractivity contribution in [2.24, 2.45) is 4.99 Å². The van der Waals surface area contributed by atoms with E-state index in [1.54, 1.807) is 36.4 Å². The van der Waals surface area contributed by atoms with Gasteiger partial charge in [0.05, 0.1) is 0 Å². The van der Waals surface area contributed by atoms with Crippen LogP contribution in [0.15, 0.2) is 47.5 Å². The van der Waals surface area contributed by atoms with Crippen molar-refractivity contribution in [1.29, 1.82) is 0 Å². The second-order valence-corrected chi connectivity index (χ2v) is 6.56. The van der Waals surface area contributed by atoms with Gasteiger partial charge in [0, 0.05) is 27.9 Å². The van der Waals surface area contributed by atoms with Crippen LogP contribution >= 0.6 is 11.6 Å². The molecule has 0 atom stereocenters. The number of hydrogen-bond acceptors (Lipinski definition) is 3. The molecule has 0 amide bonds. The van der Waals surface area contributed by atoms with Crippen LogP contribution in [0.2, 0.25) is 5.02 Å². The topological polar surface area (TPSA) is 87.0 Å². The highest BCUT2D eigenvalue weighted by atomic mass is 35.5. The Morgan fingerprint density at radius 2 is 1.58 bits per heavy atom. The summed E-state index contributed by atoms with van der Waals surface area (Å²) in [5.41, 5.74) is 1.07. The molecular formula is C20H16ClNO4. The van der Waals surface area contributed by atoms with Crippen LogP contribution < -0.4 is 0 Å². The van der Waals surface area contributed by atoms with Crippen LogP contribution in [-0.2, 0) is 9.59 Å². The van der Waals surface area contributed by atoms with Crippen molar-refractivity contribution < 1.29 is 19.8 Å². The number of aliphatic carboxylic acids is 2. The Balaban J connectivity index is 2.40. The molecule has 26 heavy (non-hydrogen) atoms. The lowest BCUT2D eigenvalue weighted by molar-refractivity contribution is -0.153. The molecule has 0 fully saturated rings. The van der Waals surface area contributed by atoms with Crippen LogP contribution in [0.4, 0.5) is 0 Å². The minimum atomic E-state index is -2.40. The minimum Gasteiger partial charge on any atom is -0.479 e. The average Bonchev–Trinajstić information content (AvgIpc) is 3.00. The van der Waals surface area contributed by atoms with Gasteiger partial charge in [-0.1, -0.05) is 41.9 Å². The number of aryl methyl sites for hydroxylation is 2. The fraction of sp³-hybridized carbons (Fsp3) is 0.150. The molecule has 6 heteroatoms. The summed E-state index contributed by atoms with van der Waals surface area (Å²) in [6.07, 6.45) is 1.29.